The smallest absolute Gasteiger partial charge is 0.262 e. The van der Waals surface area contributed by atoms with Crippen molar-refractivity contribution in [3.05, 3.63) is 94.5 Å². The highest BCUT2D eigenvalue weighted by Gasteiger charge is 2.42. The van der Waals surface area contributed by atoms with Crippen molar-refractivity contribution >= 4 is 35.2 Å². The van der Waals surface area contributed by atoms with Gasteiger partial charge in [-0.3, -0.25) is 19.3 Å². The van der Waals surface area contributed by atoms with E-state index in [4.69, 9.17) is 0 Å². The lowest BCUT2D eigenvalue weighted by Crippen LogP contribution is -2.48. The van der Waals surface area contributed by atoms with Crippen LogP contribution in [0.25, 0.3) is 0 Å². The minimum Gasteiger partial charge on any atom is -0.323 e. The number of thioether (sulfide) groups is 1. The molecule has 1 aliphatic rings. The predicted octanol–water partition coefficient (Wildman–Crippen LogP) is 4.87. The van der Waals surface area contributed by atoms with E-state index in [1.54, 1.807) is 24.3 Å². The van der Waals surface area contributed by atoms with Gasteiger partial charge in [0.1, 0.15) is 6.04 Å². The SMILES string of the molecule is CSc1ccccc1NC(=O)C(Cc1ccc(C)c(C)c1)N1C(=O)c2ccccc2C1=O. The second kappa shape index (κ2) is 9.01. The highest BCUT2D eigenvalue weighted by atomic mass is 32.2. The first-order valence-corrected chi connectivity index (χ1v) is 11.6. The average molecular weight is 445 g/mol. The van der Waals surface area contributed by atoms with Crippen LogP contribution in [-0.2, 0) is 11.2 Å². The largest absolute Gasteiger partial charge is 0.323 e. The molecule has 0 saturated heterocycles. The number of carbonyl (C=O) groups excluding carboxylic acids is 3. The molecular weight excluding hydrogens is 420 g/mol. The molecule has 1 unspecified atom stereocenters. The van der Waals surface area contributed by atoms with Crippen molar-refractivity contribution in [2.45, 2.75) is 31.2 Å². The number of carbonyl (C=O) groups is 3. The van der Waals surface area contributed by atoms with E-state index in [9.17, 15) is 14.4 Å². The summed E-state index contributed by atoms with van der Waals surface area (Å²) in [6.45, 7) is 4.03. The quantitative estimate of drug-likeness (QED) is 0.435. The fourth-order valence-electron chi connectivity index (χ4n) is 3.91. The topological polar surface area (TPSA) is 66.5 Å². The van der Waals surface area contributed by atoms with Crippen molar-refractivity contribution in [2.24, 2.45) is 0 Å². The molecule has 162 valence electrons. The summed E-state index contributed by atoms with van der Waals surface area (Å²) < 4.78 is 0. The number of amides is 3. The lowest BCUT2D eigenvalue weighted by atomic mass is 9.99. The highest BCUT2D eigenvalue weighted by molar-refractivity contribution is 7.98. The summed E-state index contributed by atoms with van der Waals surface area (Å²) in [6, 6.07) is 19.1. The highest BCUT2D eigenvalue weighted by Crippen LogP contribution is 2.29. The molecule has 1 atom stereocenters. The molecule has 0 bridgehead atoms. The van der Waals surface area contributed by atoms with Crippen LogP contribution in [0.15, 0.2) is 71.6 Å². The molecule has 0 fully saturated rings. The summed E-state index contributed by atoms with van der Waals surface area (Å²) in [6.07, 6.45) is 2.17. The van der Waals surface area contributed by atoms with Crippen LogP contribution < -0.4 is 5.32 Å². The maximum absolute atomic E-state index is 13.5. The molecule has 1 heterocycles. The Labute approximate surface area is 191 Å². The van der Waals surface area contributed by atoms with Crippen LogP contribution in [-0.4, -0.2) is 34.9 Å². The third-order valence-corrected chi connectivity index (χ3v) is 6.60. The molecule has 0 saturated carbocycles. The first-order valence-electron chi connectivity index (χ1n) is 10.4. The Hall–Kier alpha value is -3.38. The van der Waals surface area contributed by atoms with Gasteiger partial charge in [-0.05, 0) is 61.1 Å². The van der Waals surface area contributed by atoms with Crippen molar-refractivity contribution in [1.29, 1.82) is 0 Å². The zero-order valence-corrected chi connectivity index (χ0v) is 19.0. The fourth-order valence-corrected chi connectivity index (χ4v) is 4.46. The second-order valence-corrected chi connectivity index (χ2v) is 8.70. The Bertz CT molecular complexity index is 1190. The number of rotatable bonds is 6. The molecule has 0 radical (unpaired) electrons. The molecule has 0 aliphatic carbocycles. The van der Waals surface area contributed by atoms with Crippen molar-refractivity contribution < 1.29 is 14.4 Å². The van der Waals surface area contributed by atoms with E-state index in [-0.39, 0.29) is 12.3 Å². The third-order valence-electron chi connectivity index (χ3n) is 5.81. The molecule has 32 heavy (non-hydrogen) atoms. The summed E-state index contributed by atoms with van der Waals surface area (Å²) >= 11 is 1.52. The number of benzene rings is 3. The van der Waals surface area contributed by atoms with Crippen LogP contribution in [0.4, 0.5) is 5.69 Å². The first kappa shape index (κ1) is 21.8. The monoisotopic (exact) mass is 444 g/mol. The summed E-state index contributed by atoms with van der Waals surface area (Å²) in [5.74, 6) is -1.26. The molecule has 6 heteroatoms. The standard InChI is InChI=1S/C26H24N2O3S/c1-16-12-13-18(14-17(16)2)15-22(24(29)27-21-10-6-7-11-23(21)32-3)28-25(30)19-8-4-5-9-20(19)26(28)31/h4-14,22H,15H2,1-3H3,(H,27,29). The van der Waals surface area contributed by atoms with E-state index >= 15 is 0 Å². The second-order valence-electron chi connectivity index (χ2n) is 7.85. The van der Waals surface area contributed by atoms with E-state index < -0.39 is 17.9 Å². The van der Waals surface area contributed by atoms with Gasteiger partial charge in [-0.15, -0.1) is 11.8 Å². The Morgan fingerprint density at radius 2 is 1.53 bits per heavy atom. The van der Waals surface area contributed by atoms with E-state index in [1.165, 1.54) is 11.8 Å². The molecule has 0 aromatic heterocycles. The molecule has 1 aliphatic heterocycles. The molecular formula is C26H24N2O3S. The Morgan fingerprint density at radius 3 is 2.16 bits per heavy atom. The van der Waals surface area contributed by atoms with Crippen molar-refractivity contribution in [3.8, 4) is 0 Å². The van der Waals surface area contributed by atoms with Gasteiger partial charge in [-0.25, -0.2) is 0 Å². The molecule has 4 rings (SSSR count). The molecule has 0 spiro atoms. The van der Waals surface area contributed by atoms with Gasteiger partial charge in [0, 0.05) is 11.3 Å². The van der Waals surface area contributed by atoms with Crippen molar-refractivity contribution in [2.75, 3.05) is 11.6 Å². The van der Waals surface area contributed by atoms with Gasteiger partial charge >= 0.3 is 0 Å². The maximum Gasteiger partial charge on any atom is 0.262 e. The normalized spacial score (nSPS) is 13.8. The lowest BCUT2D eigenvalue weighted by Gasteiger charge is -2.26. The average Bonchev–Trinajstić information content (AvgIpc) is 3.05. The summed E-state index contributed by atoms with van der Waals surface area (Å²) in [5.41, 5.74) is 4.45. The van der Waals surface area contributed by atoms with Crippen LogP contribution in [0, 0.1) is 13.8 Å². The fraction of sp³-hybridized carbons (Fsp3) is 0.192. The van der Waals surface area contributed by atoms with E-state index in [0.29, 0.717) is 16.8 Å². The summed E-state index contributed by atoms with van der Waals surface area (Å²) in [5, 5.41) is 2.95. The maximum atomic E-state index is 13.5. The molecule has 3 aromatic rings. The Balaban J connectivity index is 1.71. The van der Waals surface area contributed by atoms with Gasteiger partial charge in [0.2, 0.25) is 5.91 Å². The minimum absolute atomic E-state index is 0.236. The van der Waals surface area contributed by atoms with Crippen LogP contribution in [0.1, 0.15) is 37.4 Å². The number of hydrogen-bond acceptors (Lipinski definition) is 4. The van der Waals surface area contributed by atoms with Gasteiger partial charge in [0.05, 0.1) is 16.8 Å². The lowest BCUT2D eigenvalue weighted by molar-refractivity contribution is -0.119. The number of aryl methyl sites for hydroxylation is 2. The number of imide groups is 1. The first-order chi connectivity index (χ1) is 15.4. The Morgan fingerprint density at radius 1 is 0.906 bits per heavy atom. The van der Waals surface area contributed by atoms with Gasteiger partial charge in [-0.2, -0.15) is 0 Å². The zero-order chi connectivity index (χ0) is 22.8. The zero-order valence-electron chi connectivity index (χ0n) is 18.2. The molecule has 5 nitrogen and oxygen atoms in total. The van der Waals surface area contributed by atoms with Gasteiger partial charge in [0.25, 0.3) is 11.8 Å². The molecule has 3 aromatic carbocycles. The molecule has 3 amide bonds. The van der Waals surface area contributed by atoms with E-state index in [1.807, 2.05) is 62.6 Å². The van der Waals surface area contributed by atoms with Crippen molar-refractivity contribution in [1.82, 2.24) is 4.90 Å². The number of anilines is 1. The Kier molecular flexibility index (Phi) is 6.15. The summed E-state index contributed by atoms with van der Waals surface area (Å²) in [4.78, 5) is 41.8. The minimum atomic E-state index is -0.973. The van der Waals surface area contributed by atoms with Gasteiger partial charge < -0.3 is 5.32 Å². The molecule has 1 N–H and O–H groups in total. The van der Waals surface area contributed by atoms with Crippen LogP contribution in [0.5, 0.6) is 0 Å². The van der Waals surface area contributed by atoms with Crippen molar-refractivity contribution in [3.63, 3.8) is 0 Å². The third kappa shape index (κ3) is 4.06. The van der Waals surface area contributed by atoms with Crippen LogP contribution in [0.2, 0.25) is 0 Å². The number of fused-ring (bicyclic) bond motifs is 1. The number of nitrogens with zero attached hydrogens (tertiary/aromatic N) is 1. The summed E-state index contributed by atoms with van der Waals surface area (Å²) in [7, 11) is 0. The number of hydrogen-bond donors (Lipinski definition) is 1. The van der Waals surface area contributed by atoms with E-state index in [0.717, 1.165) is 26.5 Å². The van der Waals surface area contributed by atoms with Gasteiger partial charge in [0.15, 0.2) is 0 Å². The predicted molar refractivity (Wildman–Crippen MR) is 127 cm³/mol. The number of nitrogens with one attached hydrogen (secondary N) is 1. The van der Waals surface area contributed by atoms with E-state index in [2.05, 4.69) is 5.32 Å². The number of para-hydroxylation sites is 1. The van der Waals surface area contributed by atoms with Gasteiger partial charge in [-0.1, -0.05) is 42.5 Å². The van der Waals surface area contributed by atoms with Crippen LogP contribution in [0.3, 0.4) is 0 Å². The van der Waals surface area contributed by atoms with Crippen LogP contribution >= 0.6 is 11.8 Å².